The highest BCUT2D eigenvalue weighted by molar-refractivity contribution is 5.99. The lowest BCUT2D eigenvalue weighted by molar-refractivity contribution is -0.384. The fraction of sp³-hybridized carbons (Fsp3) is 0.391. The number of unbranched alkanes of at least 4 members (excludes halogenated alkanes) is 1. The van der Waals surface area contributed by atoms with E-state index in [4.69, 9.17) is 4.74 Å². The lowest BCUT2D eigenvalue weighted by atomic mass is 9.78. The second kappa shape index (κ2) is 9.40. The molecule has 1 fully saturated rings. The van der Waals surface area contributed by atoms with E-state index in [0.29, 0.717) is 36.4 Å². The van der Waals surface area contributed by atoms with Crippen molar-refractivity contribution in [3.63, 3.8) is 0 Å². The van der Waals surface area contributed by atoms with Gasteiger partial charge in [0.2, 0.25) is 5.91 Å². The van der Waals surface area contributed by atoms with Gasteiger partial charge in [0.25, 0.3) is 5.69 Å². The highest BCUT2D eigenvalue weighted by atomic mass is 16.6. The highest BCUT2D eigenvalue weighted by Crippen LogP contribution is 2.42. The number of anilines is 1. The first-order chi connectivity index (χ1) is 14.5. The SMILES string of the molecule is CCCCOc1ccc(NC(=O)C2(c3ccc([N+](=O)[O-])cc3)CCCC2)cc1C#N. The molecule has 0 spiro atoms. The number of hydrogen-bond acceptors (Lipinski definition) is 5. The molecule has 1 saturated carbocycles. The van der Waals surface area contributed by atoms with Crippen LogP contribution in [-0.2, 0) is 10.2 Å². The largest absolute Gasteiger partial charge is 0.492 e. The Hall–Kier alpha value is -3.40. The molecule has 0 radical (unpaired) electrons. The molecule has 1 N–H and O–H groups in total. The molecule has 0 atom stereocenters. The van der Waals surface area contributed by atoms with Crippen molar-refractivity contribution in [2.45, 2.75) is 50.9 Å². The molecule has 0 saturated heterocycles. The average Bonchev–Trinajstić information content (AvgIpc) is 3.26. The molecule has 0 aliphatic heterocycles. The summed E-state index contributed by atoms with van der Waals surface area (Å²) in [5.41, 5.74) is 0.971. The third kappa shape index (κ3) is 4.43. The van der Waals surface area contributed by atoms with Crippen molar-refractivity contribution in [2.75, 3.05) is 11.9 Å². The molecule has 7 nitrogen and oxygen atoms in total. The van der Waals surface area contributed by atoms with Gasteiger partial charge in [-0.3, -0.25) is 14.9 Å². The van der Waals surface area contributed by atoms with Gasteiger partial charge in [-0.1, -0.05) is 38.3 Å². The zero-order valence-corrected chi connectivity index (χ0v) is 17.0. The molecule has 30 heavy (non-hydrogen) atoms. The molecule has 156 valence electrons. The number of rotatable bonds is 8. The fourth-order valence-electron chi connectivity index (χ4n) is 3.93. The molecule has 1 aliphatic carbocycles. The average molecular weight is 407 g/mol. The van der Waals surface area contributed by atoms with Gasteiger partial charge < -0.3 is 10.1 Å². The second-order valence-corrected chi connectivity index (χ2v) is 7.57. The Morgan fingerprint density at radius 1 is 1.23 bits per heavy atom. The Bertz CT molecular complexity index is 957. The Balaban J connectivity index is 1.82. The quantitative estimate of drug-likeness (QED) is 0.372. The highest BCUT2D eigenvalue weighted by Gasteiger charge is 2.42. The van der Waals surface area contributed by atoms with E-state index < -0.39 is 10.3 Å². The van der Waals surface area contributed by atoms with E-state index in [0.717, 1.165) is 31.2 Å². The summed E-state index contributed by atoms with van der Waals surface area (Å²) in [7, 11) is 0. The number of carbonyl (C=O) groups excluding carboxylic acids is 1. The Morgan fingerprint density at radius 3 is 2.53 bits per heavy atom. The van der Waals surface area contributed by atoms with E-state index in [1.807, 2.05) is 0 Å². The van der Waals surface area contributed by atoms with Gasteiger partial charge in [0.1, 0.15) is 11.8 Å². The van der Waals surface area contributed by atoms with Gasteiger partial charge in [-0.25, -0.2) is 0 Å². The predicted molar refractivity (Wildman–Crippen MR) is 113 cm³/mol. The number of nitrogens with zero attached hydrogens (tertiary/aromatic N) is 2. The molecule has 0 bridgehead atoms. The monoisotopic (exact) mass is 407 g/mol. The number of nitriles is 1. The van der Waals surface area contributed by atoms with Gasteiger partial charge in [0, 0.05) is 17.8 Å². The van der Waals surface area contributed by atoms with Gasteiger partial charge in [0.15, 0.2) is 0 Å². The normalized spacial score (nSPS) is 14.7. The molecule has 0 heterocycles. The van der Waals surface area contributed by atoms with Gasteiger partial charge in [0.05, 0.1) is 22.5 Å². The molecule has 2 aromatic rings. The van der Waals surface area contributed by atoms with Gasteiger partial charge in [-0.2, -0.15) is 5.26 Å². The minimum atomic E-state index is -0.724. The van der Waals surface area contributed by atoms with Crippen molar-refractivity contribution in [3.05, 3.63) is 63.7 Å². The van der Waals surface area contributed by atoms with Crippen molar-refractivity contribution in [1.29, 1.82) is 5.26 Å². The zero-order valence-electron chi connectivity index (χ0n) is 17.0. The minimum absolute atomic E-state index is 0.00429. The Kier molecular flexibility index (Phi) is 6.68. The van der Waals surface area contributed by atoms with E-state index in [9.17, 15) is 20.2 Å². The smallest absolute Gasteiger partial charge is 0.269 e. The summed E-state index contributed by atoms with van der Waals surface area (Å²) in [6.45, 7) is 2.61. The molecule has 0 aromatic heterocycles. The third-order valence-electron chi connectivity index (χ3n) is 5.64. The van der Waals surface area contributed by atoms with E-state index in [-0.39, 0.29) is 11.6 Å². The van der Waals surface area contributed by atoms with E-state index in [2.05, 4.69) is 18.3 Å². The van der Waals surface area contributed by atoms with Crippen molar-refractivity contribution in [2.24, 2.45) is 0 Å². The number of amides is 1. The lowest BCUT2D eigenvalue weighted by Crippen LogP contribution is -2.38. The molecule has 2 aromatic carbocycles. The number of ether oxygens (including phenoxy) is 1. The third-order valence-corrected chi connectivity index (χ3v) is 5.64. The minimum Gasteiger partial charge on any atom is -0.492 e. The van der Waals surface area contributed by atoms with Crippen LogP contribution in [0, 0.1) is 21.4 Å². The van der Waals surface area contributed by atoms with Crippen molar-refractivity contribution in [1.82, 2.24) is 0 Å². The molecule has 0 unspecified atom stereocenters. The van der Waals surface area contributed by atoms with Gasteiger partial charge in [-0.05, 0) is 43.0 Å². The predicted octanol–water partition coefficient (Wildman–Crippen LogP) is 5.10. The van der Waals surface area contributed by atoms with Crippen LogP contribution in [0.15, 0.2) is 42.5 Å². The van der Waals surface area contributed by atoms with Crippen LogP contribution in [0.4, 0.5) is 11.4 Å². The zero-order chi connectivity index (χ0) is 21.6. The van der Waals surface area contributed by atoms with Crippen LogP contribution in [0.2, 0.25) is 0 Å². The van der Waals surface area contributed by atoms with Crippen LogP contribution >= 0.6 is 0 Å². The van der Waals surface area contributed by atoms with Crippen molar-refractivity contribution in [3.8, 4) is 11.8 Å². The standard InChI is InChI=1S/C23H25N3O4/c1-2-3-14-30-21-11-8-19(15-17(21)16-24)25-22(27)23(12-4-5-13-23)18-6-9-20(10-7-18)26(28)29/h6-11,15H,2-5,12-14H2,1H3,(H,25,27). The number of benzene rings is 2. The van der Waals surface area contributed by atoms with Gasteiger partial charge >= 0.3 is 0 Å². The maximum atomic E-state index is 13.3. The maximum Gasteiger partial charge on any atom is 0.269 e. The summed E-state index contributed by atoms with van der Waals surface area (Å²) in [4.78, 5) is 23.8. The fourth-order valence-corrected chi connectivity index (χ4v) is 3.93. The van der Waals surface area contributed by atoms with Crippen molar-refractivity contribution < 1.29 is 14.5 Å². The maximum absolute atomic E-state index is 13.3. The van der Waals surface area contributed by atoms with E-state index in [1.54, 1.807) is 30.3 Å². The number of non-ortho nitro benzene ring substituents is 1. The first kappa shape index (κ1) is 21.3. The molecular formula is C23H25N3O4. The number of carbonyl (C=O) groups is 1. The van der Waals surface area contributed by atoms with Crippen LogP contribution in [0.25, 0.3) is 0 Å². The molecule has 1 aliphatic rings. The molecule has 1 amide bonds. The second-order valence-electron chi connectivity index (χ2n) is 7.57. The van der Waals surface area contributed by atoms with E-state index >= 15 is 0 Å². The summed E-state index contributed by atoms with van der Waals surface area (Å²) in [6.07, 6.45) is 5.10. The summed E-state index contributed by atoms with van der Waals surface area (Å²) >= 11 is 0. The number of nitrogens with one attached hydrogen (secondary N) is 1. The van der Waals surface area contributed by atoms with Crippen LogP contribution in [-0.4, -0.2) is 17.4 Å². The van der Waals surface area contributed by atoms with Crippen LogP contribution < -0.4 is 10.1 Å². The van der Waals surface area contributed by atoms with Crippen LogP contribution in [0.1, 0.15) is 56.6 Å². The summed E-state index contributed by atoms with van der Waals surface area (Å²) in [5, 5.41) is 23.3. The topological polar surface area (TPSA) is 105 Å². The first-order valence-corrected chi connectivity index (χ1v) is 10.2. The van der Waals surface area contributed by atoms with Crippen LogP contribution in [0.3, 0.4) is 0 Å². The van der Waals surface area contributed by atoms with Crippen molar-refractivity contribution >= 4 is 17.3 Å². The van der Waals surface area contributed by atoms with Crippen LogP contribution in [0.5, 0.6) is 5.75 Å². The first-order valence-electron chi connectivity index (χ1n) is 10.2. The molecule has 3 rings (SSSR count). The molecular weight excluding hydrogens is 382 g/mol. The summed E-state index contributed by atoms with van der Waals surface area (Å²) in [6, 6.07) is 13.4. The number of nitro groups is 1. The number of nitro benzene ring substituents is 1. The Morgan fingerprint density at radius 2 is 1.93 bits per heavy atom. The Labute approximate surface area is 175 Å². The molecule has 7 heteroatoms. The summed E-state index contributed by atoms with van der Waals surface area (Å²) in [5.74, 6) is 0.354. The summed E-state index contributed by atoms with van der Waals surface area (Å²) < 4.78 is 5.66. The number of hydrogen-bond donors (Lipinski definition) is 1. The van der Waals surface area contributed by atoms with Gasteiger partial charge in [-0.15, -0.1) is 0 Å². The van der Waals surface area contributed by atoms with E-state index in [1.165, 1.54) is 12.1 Å². The lowest BCUT2D eigenvalue weighted by Gasteiger charge is -2.28.